The molecule has 1 aromatic carbocycles. The van der Waals surface area contributed by atoms with E-state index >= 15 is 0 Å². The summed E-state index contributed by atoms with van der Waals surface area (Å²) < 4.78 is 2.16. The molecular weight excluding hydrogens is 366 g/mol. The molecule has 2 heterocycles. The van der Waals surface area contributed by atoms with Crippen molar-refractivity contribution in [3.8, 4) is 5.69 Å². The summed E-state index contributed by atoms with van der Waals surface area (Å²) in [4.78, 5) is 28.1. The molecule has 1 aromatic heterocycles. The minimum atomic E-state index is -0.812. The Balaban J connectivity index is 1.78. The molecule has 0 saturated carbocycles. The summed E-state index contributed by atoms with van der Waals surface area (Å²) >= 11 is 0. The van der Waals surface area contributed by atoms with Gasteiger partial charge in [-0.25, -0.2) is 0 Å². The Kier molecular flexibility index (Phi) is 6.42. The highest BCUT2D eigenvalue weighted by Gasteiger charge is 2.27. The molecule has 1 aliphatic rings. The number of rotatable bonds is 5. The van der Waals surface area contributed by atoms with Crippen LogP contribution >= 0.6 is 0 Å². The van der Waals surface area contributed by atoms with Crippen LogP contribution in [0.3, 0.4) is 0 Å². The second kappa shape index (κ2) is 8.82. The number of hydrogen-bond acceptors (Lipinski definition) is 3. The number of aryl methyl sites for hydroxylation is 2. The Hall–Kier alpha value is -2.60. The highest BCUT2D eigenvalue weighted by atomic mass is 16.4. The first kappa shape index (κ1) is 21.1. The van der Waals surface area contributed by atoms with Gasteiger partial charge in [0.1, 0.15) is 0 Å². The lowest BCUT2D eigenvalue weighted by Gasteiger charge is -2.25. The molecule has 1 fully saturated rings. The lowest BCUT2D eigenvalue weighted by molar-refractivity contribution is -0.138. The molecule has 156 valence electrons. The number of carboxylic acids is 1. The fourth-order valence-electron chi connectivity index (χ4n) is 4.40. The molecule has 6 heteroatoms. The van der Waals surface area contributed by atoms with Gasteiger partial charge in [0.15, 0.2) is 0 Å². The van der Waals surface area contributed by atoms with Gasteiger partial charge in [0.05, 0.1) is 12.1 Å². The first-order valence-electron chi connectivity index (χ1n) is 10.3. The van der Waals surface area contributed by atoms with Crippen LogP contribution in [0, 0.1) is 20.8 Å². The fraction of sp³-hybridized carbons (Fsp3) is 0.478. The smallest absolute Gasteiger partial charge is 0.317 e. The number of aromatic nitrogens is 1. The van der Waals surface area contributed by atoms with Gasteiger partial charge in [0.2, 0.25) is 0 Å². The van der Waals surface area contributed by atoms with Gasteiger partial charge >= 0.3 is 5.97 Å². The first-order chi connectivity index (χ1) is 13.8. The molecule has 1 amide bonds. The number of likely N-dealkylation sites (tertiary alicyclic amines) is 1. The van der Waals surface area contributed by atoms with Crippen LogP contribution in [0.5, 0.6) is 0 Å². The molecule has 2 aromatic rings. The van der Waals surface area contributed by atoms with Crippen molar-refractivity contribution >= 4 is 11.9 Å². The van der Waals surface area contributed by atoms with Crippen LogP contribution in [0.4, 0.5) is 0 Å². The molecule has 1 aliphatic heterocycles. The number of benzene rings is 1. The number of para-hydroxylation sites is 1. The van der Waals surface area contributed by atoms with E-state index in [0.717, 1.165) is 41.9 Å². The minimum absolute atomic E-state index is 0.0379. The predicted octanol–water partition coefficient (Wildman–Crippen LogP) is 3.41. The molecule has 0 radical (unpaired) electrons. The van der Waals surface area contributed by atoms with Crippen LogP contribution in [0.1, 0.15) is 46.6 Å². The maximum Gasteiger partial charge on any atom is 0.317 e. The van der Waals surface area contributed by atoms with E-state index < -0.39 is 5.97 Å². The highest BCUT2D eigenvalue weighted by molar-refractivity contribution is 5.96. The Bertz CT molecular complexity index is 903. The van der Waals surface area contributed by atoms with E-state index in [1.807, 2.05) is 48.9 Å². The number of carbonyl (C=O) groups excluding carboxylic acids is 1. The zero-order valence-corrected chi connectivity index (χ0v) is 17.8. The third-order valence-corrected chi connectivity index (χ3v) is 6.01. The summed E-state index contributed by atoms with van der Waals surface area (Å²) in [7, 11) is 1.85. The molecule has 1 saturated heterocycles. The SMILES string of the molecule is Cc1ccccc1-n1c(C)cc(C(=O)N2CCCC(N(C)CC(=O)O)CC2)c1C. The van der Waals surface area contributed by atoms with Crippen LogP contribution in [0.15, 0.2) is 30.3 Å². The van der Waals surface area contributed by atoms with E-state index in [1.54, 1.807) is 0 Å². The molecule has 0 spiro atoms. The predicted molar refractivity (Wildman–Crippen MR) is 114 cm³/mol. The second-order valence-electron chi connectivity index (χ2n) is 8.09. The number of likely N-dealkylation sites (N-methyl/N-ethyl adjacent to an activating group) is 1. The number of amides is 1. The van der Waals surface area contributed by atoms with Gasteiger partial charge in [-0.2, -0.15) is 0 Å². The largest absolute Gasteiger partial charge is 0.480 e. The number of carbonyl (C=O) groups is 2. The van der Waals surface area contributed by atoms with Crippen molar-refractivity contribution in [3.63, 3.8) is 0 Å². The van der Waals surface area contributed by atoms with Gasteiger partial charge in [0.25, 0.3) is 5.91 Å². The number of carboxylic acid groups (broad SMARTS) is 1. The van der Waals surface area contributed by atoms with Crippen molar-refractivity contribution in [1.29, 1.82) is 0 Å². The van der Waals surface area contributed by atoms with Crippen molar-refractivity contribution in [2.45, 2.75) is 46.1 Å². The third kappa shape index (κ3) is 4.53. The molecule has 6 nitrogen and oxygen atoms in total. The lowest BCUT2D eigenvalue weighted by Crippen LogP contribution is -2.37. The average molecular weight is 398 g/mol. The number of aliphatic carboxylic acids is 1. The molecule has 29 heavy (non-hydrogen) atoms. The Morgan fingerprint density at radius 2 is 1.86 bits per heavy atom. The summed E-state index contributed by atoms with van der Waals surface area (Å²) in [5, 5.41) is 9.04. The van der Waals surface area contributed by atoms with Crippen molar-refractivity contribution in [1.82, 2.24) is 14.4 Å². The Morgan fingerprint density at radius 3 is 2.55 bits per heavy atom. The molecule has 0 aliphatic carbocycles. The van der Waals surface area contributed by atoms with Gasteiger partial charge in [-0.3, -0.25) is 14.5 Å². The molecule has 1 unspecified atom stereocenters. The first-order valence-corrected chi connectivity index (χ1v) is 10.3. The van der Waals surface area contributed by atoms with Gasteiger partial charge in [0, 0.05) is 36.2 Å². The van der Waals surface area contributed by atoms with Crippen LogP contribution in [-0.2, 0) is 4.79 Å². The van der Waals surface area contributed by atoms with Gasteiger partial charge in [-0.15, -0.1) is 0 Å². The minimum Gasteiger partial charge on any atom is -0.480 e. The molecular formula is C23H31N3O3. The monoisotopic (exact) mass is 397 g/mol. The Labute approximate surface area is 172 Å². The van der Waals surface area contributed by atoms with Crippen LogP contribution in [0.2, 0.25) is 0 Å². The number of nitrogens with zero attached hydrogens (tertiary/aromatic N) is 3. The molecule has 3 rings (SSSR count). The van der Waals surface area contributed by atoms with E-state index in [2.05, 4.69) is 23.6 Å². The van der Waals surface area contributed by atoms with Crippen molar-refractivity contribution in [3.05, 3.63) is 52.8 Å². The van der Waals surface area contributed by atoms with Gasteiger partial charge in [-0.1, -0.05) is 18.2 Å². The standard InChI is InChI=1S/C23H31N3O3/c1-16-8-5-6-10-21(16)26-17(2)14-20(18(26)3)23(29)25-12-7-9-19(11-13-25)24(4)15-22(27)28/h5-6,8,10,14,19H,7,9,11-13,15H2,1-4H3,(H,27,28). The zero-order valence-electron chi connectivity index (χ0n) is 17.8. The quantitative estimate of drug-likeness (QED) is 0.840. The average Bonchev–Trinajstić information content (AvgIpc) is 2.85. The van der Waals surface area contributed by atoms with E-state index in [0.29, 0.717) is 13.1 Å². The van der Waals surface area contributed by atoms with Crippen LogP contribution in [0.25, 0.3) is 5.69 Å². The number of hydrogen-bond donors (Lipinski definition) is 1. The lowest BCUT2D eigenvalue weighted by atomic mass is 10.1. The normalized spacial score (nSPS) is 17.4. The second-order valence-corrected chi connectivity index (χ2v) is 8.09. The topological polar surface area (TPSA) is 65.8 Å². The van der Waals surface area contributed by atoms with E-state index in [-0.39, 0.29) is 18.5 Å². The third-order valence-electron chi connectivity index (χ3n) is 6.01. The molecule has 1 N–H and O–H groups in total. The summed E-state index contributed by atoms with van der Waals surface area (Å²) in [5.41, 5.74) is 5.04. The molecule has 0 bridgehead atoms. The van der Waals surface area contributed by atoms with Crippen LogP contribution in [-0.4, -0.2) is 64.1 Å². The van der Waals surface area contributed by atoms with Gasteiger partial charge < -0.3 is 14.6 Å². The summed E-state index contributed by atoms with van der Waals surface area (Å²) in [6.07, 6.45) is 2.60. The van der Waals surface area contributed by atoms with Crippen molar-refractivity contribution in [2.24, 2.45) is 0 Å². The summed E-state index contributed by atoms with van der Waals surface area (Å²) in [6.45, 7) is 7.53. The summed E-state index contributed by atoms with van der Waals surface area (Å²) in [6, 6.07) is 10.4. The highest BCUT2D eigenvalue weighted by Crippen LogP contribution is 2.25. The Morgan fingerprint density at radius 1 is 1.14 bits per heavy atom. The van der Waals surface area contributed by atoms with Crippen molar-refractivity contribution in [2.75, 3.05) is 26.7 Å². The van der Waals surface area contributed by atoms with E-state index in [9.17, 15) is 9.59 Å². The maximum absolute atomic E-state index is 13.3. The maximum atomic E-state index is 13.3. The van der Waals surface area contributed by atoms with Gasteiger partial charge in [-0.05, 0) is 64.8 Å². The summed E-state index contributed by atoms with van der Waals surface area (Å²) in [5.74, 6) is -0.743. The fourth-order valence-corrected chi connectivity index (χ4v) is 4.40. The zero-order chi connectivity index (χ0) is 21.1. The van der Waals surface area contributed by atoms with Crippen molar-refractivity contribution < 1.29 is 14.7 Å². The molecule has 1 atom stereocenters. The van der Waals surface area contributed by atoms with E-state index in [4.69, 9.17) is 5.11 Å². The van der Waals surface area contributed by atoms with Crippen LogP contribution < -0.4 is 0 Å². The van der Waals surface area contributed by atoms with E-state index in [1.165, 1.54) is 5.56 Å².